The number of piperidine rings is 1. The van der Waals surface area contributed by atoms with Gasteiger partial charge in [0, 0.05) is 19.3 Å². The molecule has 0 radical (unpaired) electrons. The lowest BCUT2D eigenvalue weighted by Crippen LogP contribution is -2.38. The summed E-state index contributed by atoms with van der Waals surface area (Å²) in [5, 5.41) is 0. The third kappa shape index (κ3) is 2.66. The summed E-state index contributed by atoms with van der Waals surface area (Å²) >= 11 is 0. The summed E-state index contributed by atoms with van der Waals surface area (Å²) in [5.41, 5.74) is 2.54. The van der Waals surface area contributed by atoms with Crippen LogP contribution in [-0.2, 0) is 0 Å². The monoisotopic (exact) mass is 323 g/mol. The Kier molecular flexibility index (Phi) is 3.76. The summed E-state index contributed by atoms with van der Waals surface area (Å²) in [5.74, 6) is 0.160. The highest BCUT2D eigenvalue weighted by molar-refractivity contribution is 6.00. The number of halogens is 1. The van der Waals surface area contributed by atoms with E-state index in [2.05, 4.69) is 4.98 Å². The summed E-state index contributed by atoms with van der Waals surface area (Å²) < 4.78 is 15.2. The van der Waals surface area contributed by atoms with Crippen molar-refractivity contribution in [1.82, 2.24) is 14.3 Å². The van der Waals surface area contributed by atoms with Crippen molar-refractivity contribution in [2.75, 3.05) is 13.1 Å². The Morgan fingerprint density at radius 3 is 2.79 bits per heavy atom. The Bertz CT molecular complexity index is 881. The van der Waals surface area contributed by atoms with Crippen LogP contribution in [0.1, 0.15) is 34.7 Å². The van der Waals surface area contributed by atoms with Crippen LogP contribution in [0.2, 0.25) is 0 Å². The Balaban J connectivity index is 1.49. The van der Waals surface area contributed by atoms with Gasteiger partial charge in [-0.3, -0.25) is 4.79 Å². The van der Waals surface area contributed by atoms with Crippen molar-refractivity contribution in [3.05, 3.63) is 72.1 Å². The van der Waals surface area contributed by atoms with Crippen LogP contribution >= 0.6 is 0 Å². The zero-order chi connectivity index (χ0) is 16.5. The van der Waals surface area contributed by atoms with Gasteiger partial charge in [-0.2, -0.15) is 0 Å². The van der Waals surface area contributed by atoms with Crippen LogP contribution in [0.5, 0.6) is 0 Å². The van der Waals surface area contributed by atoms with Crippen molar-refractivity contribution in [2.24, 2.45) is 0 Å². The van der Waals surface area contributed by atoms with Gasteiger partial charge in [0.1, 0.15) is 5.82 Å². The Hall–Kier alpha value is -2.69. The maximum atomic E-state index is 13.4. The molecule has 1 amide bonds. The zero-order valence-corrected chi connectivity index (χ0v) is 13.2. The van der Waals surface area contributed by atoms with Gasteiger partial charge < -0.3 is 9.30 Å². The number of fused-ring (bicyclic) bond motifs is 1. The second-order valence-corrected chi connectivity index (χ2v) is 6.23. The fourth-order valence-corrected chi connectivity index (χ4v) is 3.48. The topological polar surface area (TPSA) is 37.6 Å². The van der Waals surface area contributed by atoms with Crippen molar-refractivity contribution in [2.45, 2.75) is 18.8 Å². The fourth-order valence-electron chi connectivity index (χ4n) is 3.48. The van der Waals surface area contributed by atoms with Crippen LogP contribution in [0, 0.1) is 5.82 Å². The number of carbonyl (C=O) groups is 1. The van der Waals surface area contributed by atoms with E-state index in [1.165, 1.54) is 6.07 Å². The Morgan fingerprint density at radius 2 is 2.00 bits per heavy atom. The molecule has 1 fully saturated rings. The molecule has 3 aromatic rings. The van der Waals surface area contributed by atoms with E-state index in [1.54, 1.807) is 24.7 Å². The van der Waals surface area contributed by atoms with Crippen LogP contribution < -0.4 is 0 Å². The van der Waals surface area contributed by atoms with Gasteiger partial charge in [0.2, 0.25) is 0 Å². The lowest BCUT2D eigenvalue weighted by atomic mass is 9.89. The number of hydrogen-bond donors (Lipinski definition) is 0. The highest BCUT2D eigenvalue weighted by atomic mass is 19.1. The summed E-state index contributed by atoms with van der Waals surface area (Å²) in [6.07, 6.45) is 7.01. The molecule has 1 saturated heterocycles. The van der Waals surface area contributed by atoms with Gasteiger partial charge in [-0.05, 0) is 48.6 Å². The molecule has 0 spiro atoms. The Labute approximate surface area is 139 Å². The second-order valence-electron chi connectivity index (χ2n) is 6.23. The first-order chi connectivity index (χ1) is 11.7. The predicted molar refractivity (Wildman–Crippen MR) is 89.5 cm³/mol. The Morgan fingerprint density at radius 1 is 1.17 bits per heavy atom. The van der Waals surface area contributed by atoms with E-state index in [0.717, 1.165) is 23.9 Å². The SMILES string of the molecule is O=C(c1cccn2cncc12)N1CCC(c2cccc(F)c2)CC1. The highest BCUT2D eigenvalue weighted by Crippen LogP contribution is 2.29. The van der Waals surface area contributed by atoms with Gasteiger partial charge in [0.05, 0.1) is 23.6 Å². The molecule has 0 aliphatic carbocycles. The van der Waals surface area contributed by atoms with E-state index in [9.17, 15) is 9.18 Å². The van der Waals surface area contributed by atoms with Crippen molar-refractivity contribution in [1.29, 1.82) is 0 Å². The number of likely N-dealkylation sites (tertiary alicyclic amines) is 1. The van der Waals surface area contributed by atoms with Gasteiger partial charge in [-0.1, -0.05) is 12.1 Å². The third-order valence-corrected chi connectivity index (χ3v) is 4.78. The zero-order valence-electron chi connectivity index (χ0n) is 13.2. The molecule has 0 unspecified atom stereocenters. The van der Waals surface area contributed by atoms with Crippen LogP contribution in [0.3, 0.4) is 0 Å². The van der Waals surface area contributed by atoms with Gasteiger partial charge >= 0.3 is 0 Å². The van der Waals surface area contributed by atoms with Crippen molar-refractivity contribution >= 4 is 11.4 Å². The summed E-state index contributed by atoms with van der Waals surface area (Å²) in [6.45, 7) is 1.38. The lowest BCUT2D eigenvalue weighted by molar-refractivity contribution is 0.0714. The normalized spacial score (nSPS) is 15.8. The molecule has 1 aliphatic rings. The molecular formula is C19H18FN3O. The van der Waals surface area contributed by atoms with Crippen molar-refractivity contribution in [3.63, 3.8) is 0 Å². The van der Waals surface area contributed by atoms with E-state index in [0.29, 0.717) is 24.6 Å². The molecule has 4 nitrogen and oxygen atoms in total. The average molecular weight is 323 g/mol. The first kappa shape index (κ1) is 14.9. The molecule has 1 aromatic carbocycles. The maximum absolute atomic E-state index is 13.4. The minimum Gasteiger partial charge on any atom is -0.339 e. The predicted octanol–water partition coefficient (Wildman–Crippen LogP) is 3.49. The van der Waals surface area contributed by atoms with Crippen LogP contribution in [0.4, 0.5) is 4.39 Å². The average Bonchev–Trinajstić information content (AvgIpc) is 3.10. The number of imidazole rings is 1. The number of hydrogen-bond acceptors (Lipinski definition) is 2. The minimum absolute atomic E-state index is 0.0405. The van der Waals surface area contributed by atoms with Gasteiger partial charge in [0.15, 0.2) is 0 Å². The van der Waals surface area contributed by atoms with Crippen LogP contribution in [0.25, 0.3) is 5.52 Å². The molecule has 1 aliphatic heterocycles. The van der Waals surface area contributed by atoms with Gasteiger partial charge in [-0.15, -0.1) is 0 Å². The number of amides is 1. The molecule has 0 N–H and O–H groups in total. The van der Waals surface area contributed by atoms with E-state index < -0.39 is 0 Å². The molecule has 4 rings (SSSR count). The number of rotatable bonds is 2. The van der Waals surface area contributed by atoms with E-state index in [1.807, 2.05) is 33.7 Å². The third-order valence-electron chi connectivity index (χ3n) is 4.78. The van der Waals surface area contributed by atoms with Crippen LogP contribution in [-0.4, -0.2) is 33.3 Å². The first-order valence-corrected chi connectivity index (χ1v) is 8.18. The quantitative estimate of drug-likeness (QED) is 0.724. The van der Waals surface area contributed by atoms with Crippen molar-refractivity contribution in [3.8, 4) is 0 Å². The largest absolute Gasteiger partial charge is 0.339 e. The van der Waals surface area contributed by atoms with Gasteiger partial charge in [0.25, 0.3) is 5.91 Å². The molecule has 24 heavy (non-hydrogen) atoms. The molecule has 122 valence electrons. The summed E-state index contributed by atoms with van der Waals surface area (Å²) in [4.78, 5) is 18.8. The number of carbonyl (C=O) groups excluding carboxylic acids is 1. The highest BCUT2D eigenvalue weighted by Gasteiger charge is 2.25. The van der Waals surface area contributed by atoms with Gasteiger partial charge in [-0.25, -0.2) is 9.37 Å². The molecule has 0 saturated carbocycles. The molecule has 5 heteroatoms. The van der Waals surface area contributed by atoms with E-state index >= 15 is 0 Å². The van der Waals surface area contributed by atoms with E-state index in [-0.39, 0.29) is 11.7 Å². The smallest absolute Gasteiger partial charge is 0.256 e. The minimum atomic E-state index is -0.196. The molecule has 2 aromatic heterocycles. The molecule has 3 heterocycles. The first-order valence-electron chi connectivity index (χ1n) is 8.18. The summed E-state index contributed by atoms with van der Waals surface area (Å²) in [7, 11) is 0. The lowest BCUT2D eigenvalue weighted by Gasteiger charge is -2.32. The molecule has 0 atom stereocenters. The standard InChI is InChI=1S/C19H18FN3O/c20-16-4-1-3-15(11-16)14-6-9-22(10-7-14)19(24)17-5-2-8-23-13-21-12-18(17)23/h1-5,8,11-14H,6-7,9-10H2. The number of pyridine rings is 1. The van der Waals surface area contributed by atoms with Crippen molar-refractivity contribution < 1.29 is 9.18 Å². The molecule has 0 bridgehead atoms. The number of nitrogens with zero attached hydrogens (tertiary/aromatic N) is 3. The fraction of sp³-hybridized carbons (Fsp3) is 0.263. The van der Waals surface area contributed by atoms with E-state index in [4.69, 9.17) is 0 Å². The van der Waals surface area contributed by atoms with Crippen LogP contribution in [0.15, 0.2) is 55.1 Å². The second kappa shape index (κ2) is 6.07. The number of aromatic nitrogens is 2. The summed E-state index contributed by atoms with van der Waals surface area (Å²) in [6, 6.07) is 10.5. The molecular weight excluding hydrogens is 305 g/mol. The maximum Gasteiger partial charge on any atom is 0.256 e. The number of benzene rings is 1.